The summed E-state index contributed by atoms with van der Waals surface area (Å²) in [6.07, 6.45) is 1.56. The van der Waals surface area contributed by atoms with Crippen LogP contribution in [-0.2, 0) is 0 Å². The first kappa shape index (κ1) is 17.9. The lowest BCUT2D eigenvalue weighted by molar-refractivity contribution is 0.312. The van der Waals surface area contributed by atoms with Gasteiger partial charge in [-0.05, 0) is 7.05 Å². The van der Waals surface area contributed by atoms with Crippen molar-refractivity contribution in [2.45, 2.75) is 5.16 Å². The molecule has 0 amide bonds. The summed E-state index contributed by atoms with van der Waals surface area (Å²) in [5, 5.41) is 13.5. The first-order valence-corrected chi connectivity index (χ1v) is 9.76. The molecule has 0 saturated carbocycles. The van der Waals surface area contributed by atoms with Gasteiger partial charge in [0.05, 0.1) is 6.20 Å². The van der Waals surface area contributed by atoms with Crippen LogP contribution in [0, 0.1) is 11.3 Å². The van der Waals surface area contributed by atoms with E-state index in [4.69, 9.17) is 11.0 Å². The van der Waals surface area contributed by atoms with Gasteiger partial charge >= 0.3 is 0 Å². The molecule has 0 aromatic carbocycles. The van der Waals surface area contributed by atoms with Gasteiger partial charge in [-0.3, -0.25) is 0 Å². The molecule has 3 heterocycles. The molecule has 1 aliphatic rings. The van der Waals surface area contributed by atoms with Crippen molar-refractivity contribution in [1.82, 2.24) is 19.9 Å². The summed E-state index contributed by atoms with van der Waals surface area (Å²) in [5.74, 6) is 2.35. The summed E-state index contributed by atoms with van der Waals surface area (Å²) < 4.78 is 0. The Balaban J connectivity index is 1.82. The monoisotopic (exact) mass is 376 g/mol. The topological polar surface area (TPSA) is 107 Å². The number of anilines is 3. The molecule has 8 nitrogen and oxygen atoms in total. The highest BCUT2D eigenvalue weighted by Gasteiger charge is 2.17. The minimum Gasteiger partial charge on any atom is -0.354 e. The molecule has 0 spiro atoms. The van der Waals surface area contributed by atoms with Gasteiger partial charge < -0.3 is 20.9 Å². The van der Waals surface area contributed by atoms with Crippen molar-refractivity contribution in [3.63, 3.8) is 0 Å². The number of hydrogen-bond acceptors (Lipinski definition) is 10. The average molecular weight is 377 g/mol. The van der Waals surface area contributed by atoms with Gasteiger partial charge in [-0.1, -0.05) is 23.1 Å². The van der Waals surface area contributed by atoms with Gasteiger partial charge in [-0.2, -0.15) is 5.26 Å². The predicted molar refractivity (Wildman–Crippen MR) is 102 cm³/mol. The smallest absolute Gasteiger partial charge is 0.191 e. The van der Waals surface area contributed by atoms with E-state index in [0.717, 1.165) is 37.7 Å². The molecular formula is C15H20N8S2. The van der Waals surface area contributed by atoms with E-state index in [1.165, 1.54) is 23.1 Å². The van der Waals surface area contributed by atoms with Gasteiger partial charge in [0.15, 0.2) is 10.3 Å². The maximum atomic E-state index is 8.94. The van der Waals surface area contributed by atoms with Gasteiger partial charge in [-0.25, -0.2) is 15.0 Å². The third-order valence-corrected chi connectivity index (χ3v) is 5.42. The molecular weight excluding hydrogens is 356 g/mol. The zero-order valence-corrected chi connectivity index (χ0v) is 15.6. The highest BCUT2D eigenvalue weighted by Crippen LogP contribution is 2.26. The number of rotatable bonds is 6. The zero-order chi connectivity index (χ0) is 17.6. The normalized spacial score (nSPS) is 15.2. The van der Waals surface area contributed by atoms with E-state index in [1.807, 2.05) is 6.07 Å². The molecule has 0 aliphatic carbocycles. The fourth-order valence-corrected chi connectivity index (χ4v) is 3.62. The van der Waals surface area contributed by atoms with E-state index in [0.29, 0.717) is 27.5 Å². The fraction of sp³-hybridized carbons (Fsp3) is 0.467. The molecule has 3 rings (SSSR count). The molecule has 0 unspecified atom stereocenters. The van der Waals surface area contributed by atoms with E-state index in [1.54, 1.807) is 6.20 Å². The number of nitriles is 1. The number of likely N-dealkylation sites (N-methyl/N-ethyl adjacent to an activating group) is 1. The number of nitrogens with zero attached hydrogens (tertiary/aromatic N) is 6. The van der Waals surface area contributed by atoms with Crippen LogP contribution in [0.5, 0.6) is 0 Å². The quantitative estimate of drug-likeness (QED) is 0.570. The third kappa shape index (κ3) is 4.79. The van der Waals surface area contributed by atoms with E-state index in [2.05, 4.69) is 43.2 Å². The minimum absolute atomic E-state index is 0.563. The van der Waals surface area contributed by atoms with Crippen LogP contribution in [0.3, 0.4) is 0 Å². The highest BCUT2D eigenvalue weighted by molar-refractivity contribution is 7.99. The van der Waals surface area contributed by atoms with Gasteiger partial charge in [0.1, 0.15) is 22.6 Å². The lowest BCUT2D eigenvalue weighted by Crippen LogP contribution is -2.44. The summed E-state index contributed by atoms with van der Waals surface area (Å²) in [7, 11) is 2.13. The maximum absolute atomic E-state index is 8.94. The molecule has 1 saturated heterocycles. The number of thioether (sulfide) groups is 1. The molecule has 0 radical (unpaired) electrons. The molecule has 2 aromatic heterocycles. The minimum atomic E-state index is 0.563. The largest absolute Gasteiger partial charge is 0.354 e. The number of aromatic nitrogens is 3. The van der Waals surface area contributed by atoms with E-state index >= 15 is 0 Å². The van der Waals surface area contributed by atoms with Crippen LogP contribution in [-0.4, -0.2) is 65.4 Å². The van der Waals surface area contributed by atoms with Crippen LogP contribution < -0.4 is 16.0 Å². The van der Waals surface area contributed by atoms with E-state index in [9.17, 15) is 0 Å². The Bertz CT molecular complexity index is 748. The number of nitrogens with two attached hydrogens (primary N) is 1. The summed E-state index contributed by atoms with van der Waals surface area (Å²) in [5.41, 5.74) is 5.61. The SMILES string of the molecule is CN1CCN(c2cc(Nc3ncc(C#N)s3)nc(SCCN)n2)CC1. The molecule has 0 bridgehead atoms. The highest BCUT2D eigenvalue weighted by atomic mass is 32.2. The van der Waals surface area contributed by atoms with E-state index in [-0.39, 0.29) is 0 Å². The number of hydrogen-bond donors (Lipinski definition) is 2. The summed E-state index contributed by atoms with van der Waals surface area (Å²) in [4.78, 5) is 18.6. The molecule has 2 aromatic rings. The Labute approximate surface area is 155 Å². The molecule has 132 valence electrons. The summed E-state index contributed by atoms with van der Waals surface area (Å²) in [6, 6.07) is 4.03. The van der Waals surface area contributed by atoms with Gasteiger partial charge in [0, 0.05) is 44.5 Å². The fourth-order valence-electron chi connectivity index (χ4n) is 2.38. The predicted octanol–water partition coefficient (Wildman–Crippen LogP) is 1.35. The van der Waals surface area contributed by atoms with Crippen molar-refractivity contribution in [3.8, 4) is 6.07 Å². The Kier molecular flexibility index (Phi) is 6.04. The Morgan fingerprint density at radius 3 is 2.84 bits per heavy atom. The van der Waals surface area contributed by atoms with Crippen LogP contribution in [0.4, 0.5) is 16.8 Å². The molecule has 10 heteroatoms. The first-order valence-electron chi connectivity index (χ1n) is 7.96. The maximum Gasteiger partial charge on any atom is 0.191 e. The van der Waals surface area contributed by atoms with Crippen LogP contribution in [0.2, 0.25) is 0 Å². The van der Waals surface area contributed by atoms with Crippen molar-refractivity contribution in [1.29, 1.82) is 5.26 Å². The molecule has 25 heavy (non-hydrogen) atoms. The van der Waals surface area contributed by atoms with Crippen LogP contribution in [0.15, 0.2) is 17.4 Å². The van der Waals surface area contributed by atoms with Crippen LogP contribution in [0.1, 0.15) is 4.88 Å². The second-order valence-corrected chi connectivity index (χ2v) is 7.68. The van der Waals surface area contributed by atoms with Crippen molar-refractivity contribution in [2.24, 2.45) is 5.73 Å². The van der Waals surface area contributed by atoms with Crippen LogP contribution in [0.25, 0.3) is 0 Å². The molecule has 1 fully saturated rings. The van der Waals surface area contributed by atoms with Crippen molar-refractivity contribution in [2.75, 3.05) is 55.7 Å². The Morgan fingerprint density at radius 1 is 1.36 bits per heavy atom. The second-order valence-electron chi connectivity index (χ2n) is 5.59. The molecule has 1 aliphatic heterocycles. The van der Waals surface area contributed by atoms with Gasteiger partial charge in [0.2, 0.25) is 0 Å². The van der Waals surface area contributed by atoms with Gasteiger partial charge in [0.25, 0.3) is 0 Å². The zero-order valence-electron chi connectivity index (χ0n) is 14.0. The Morgan fingerprint density at radius 2 is 2.16 bits per heavy atom. The summed E-state index contributed by atoms with van der Waals surface area (Å²) in [6.45, 7) is 4.47. The summed E-state index contributed by atoms with van der Waals surface area (Å²) >= 11 is 2.84. The van der Waals surface area contributed by atoms with E-state index < -0.39 is 0 Å². The molecule has 3 N–H and O–H groups in total. The third-order valence-electron chi connectivity index (χ3n) is 3.72. The standard InChI is InChI=1S/C15H20N8S2/c1-22-3-5-23(6-4-22)13-8-12(20-15(21-13)24-7-2-16)19-14-18-10-11(9-17)25-14/h8,10H,2-7,16H2,1H3,(H,18,19,20,21). The van der Waals surface area contributed by atoms with Crippen LogP contribution >= 0.6 is 23.1 Å². The van der Waals surface area contributed by atoms with Crippen molar-refractivity contribution in [3.05, 3.63) is 17.1 Å². The number of nitrogens with one attached hydrogen (secondary N) is 1. The Hall–Kier alpha value is -1.93. The lowest BCUT2D eigenvalue weighted by Gasteiger charge is -2.33. The van der Waals surface area contributed by atoms with Gasteiger partial charge in [-0.15, -0.1) is 0 Å². The first-order chi connectivity index (χ1) is 12.2. The number of piperazine rings is 1. The average Bonchev–Trinajstić information content (AvgIpc) is 3.08. The lowest BCUT2D eigenvalue weighted by atomic mass is 10.3. The van der Waals surface area contributed by atoms with Crippen molar-refractivity contribution >= 4 is 39.9 Å². The molecule has 0 atom stereocenters. The van der Waals surface area contributed by atoms with Crippen molar-refractivity contribution < 1.29 is 0 Å². The number of thiazole rings is 1. The second kappa shape index (κ2) is 8.44.